The molecule has 0 saturated carbocycles. The molecule has 1 saturated heterocycles. The molecule has 2 heterocycles. The van der Waals surface area contributed by atoms with Gasteiger partial charge in [0.2, 0.25) is 11.8 Å². The molecular formula is C25H36N4O6S. The van der Waals surface area contributed by atoms with Gasteiger partial charge in [0.25, 0.3) is 11.8 Å². The van der Waals surface area contributed by atoms with Crippen LogP contribution in [0.15, 0.2) is 35.4 Å². The van der Waals surface area contributed by atoms with Crippen LogP contribution in [-0.2, 0) is 28.7 Å². The predicted molar refractivity (Wildman–Crippen MR) is 137 cm³/mol. The summed E-state index contributed by atoms with van der Waals surface area (Å²) in [6, 6.07) is -3.04. The third-order valence-electron chi connectivity index (χ3n) is 5.62. The van der Waals surface area contributed by atoms with Crippen LogP contribution in [0.5, 0.6) is 0 Å². The van der Waals surface area contributed by atoms with Crippen LogP contribution >= 0.6 is 11.8 Å². The molecule has 0 aromatic heterocycles. The topological polar surface area (TPSA) is 143 Å². The Bertz CT molecular complexity index is 943. The zero-order valence-corrected chi connectivity index (χ0v) is 22.1. The Morgan fingerprint density at radius 1 is 0.944 bits per heavy atom. The maximum absolute atomic E-state index is 13.1. The lowest BCUT2D eigenvalue weighted by atomic mass is 10.0. The average molecular weight is 521 g/mol. The van der Waals surface area contributed by atoms with Crippen LogP contribution in [0.4, 0.5) is 0 Å². The van der Waals surface area contributed by atoms with E-state index in [9.17, 15) is 24.0 Å². The molecule has 198 valence electrons. The molecule has 11 heteroatoms. The van der Waals surface area contributed by atoms with Gasteiger partial charge in [0, 0.05) is 5.75 Å². The van der Waals surface area contributed by atoms with Crippen molar-refractivity contribution in [2.75, 3.05) is 5.75 Å². The number of carbonyl (C=O) groups is 5. The van der Waals surface area contributed by atoms with Gasteiger partial charge in [0.1, 0.15) is 29.9 Å². The molecular weight excluding hydrogens is 484 g/mol. The molecule has 2 rings (SSSR count). The molecule has 0 aliphatic carbocycles. The van der Waals surface area contributed by atoms with Crippen molar-refractivity contribution in [2.24, 2.45) is 11.8 Å². The molecule has 2 bridgehead atoms. The number of thioether (sulfide) groups is 1. The Morgan fingerprint density at radius 2 is 1.64 bits per heavy atom. The number of ether oxygens (including phenoxy) is 1. The van der Waals surface area contributed by atoms with Crippen LogP contribution in [0.25, 0.3) is 0 Å². The van der Waals surface area contributed by atoms with Crippen LogP contribution in [-0.4, -0.2) is 59.6 Å². The van der Waals surface area contributed by atoms with Gasteiger partial charge < -0.3 is 26.0 Å². The quantitative estimate of drug-likeness (QED) is 0.244. The minimum absolute atomic E-state index is 0.0691. The fourth-order valence-electron chi connectivity index (χ4n) is 3.54. The van der Waals surface area contributed by atoms with Gasteiger partial charge in [0.15, 0.2) is 0 Å². The lowest BCUT2D eigenvalue weighted by Crippen LogP contribution is -2.56. The van der Waals surface area contributed by atoms with E-state index in [0.717, 1.165) is 0 Å². The Balaban J connectivity index is 2.58. The van der Waals surface area contributed by atoms with Crippen molar-refractivity contribution in [2.45, 2.75) is 71.7 Å². The highest BCUT2D eigenvalue weighted by molar-refractivity contribution is 8.02. The van der Waals surface area contributed by atoms with Crippen LogP contribution in [0.1, 0.15) is 47.5 Å². The predicted octanol–water partition coefficient (Wildman–Crippen LogP) is 1.30. The standard InChI is InChI=1S/C25H36N4O6S/c1-6-17-22(31)29-21(15(4)5)25(34)35-16-9-7-8-11-36-12-10-18(23(32)26-17)27-24(33)20(14(2)3)28-19(30)13-16/h6-7,9-10,12,14-16,18,20-21H,8,11,13H2,1-5H3,(H,26,32)(H,27,33)(H,28,30)(H,29,31)/b9-7+,12-10-,17-6-/t16-,18-,20-,21?/m1/s1. The molecule has 4 atom stereocenters. The first-order valence-electron chi connectivity index (χ1n) is 12.1. The summed E-state index contributed by atoms with van der Waals surface area (Å²) in [6.07, 6.45) is 5.94. The SMILES string of the molecule is C/C=C1\NC(=O)[C@H]2/C=C\SCC/C=C/[C@H](CC(=O)N[C@H](C(C)C)C(=O)N2)OC(=O)C(C(C)C)NC1=O. The normalized spacial score (nSPS) is 30.1. The molecule has 36 heavy (non-hydrogen) atoms. The second-order valence-corrected chi connectivity index (χ2v) is 10.3. The van der Waals surface area contributed by atoms with E-state index < -0.39 is 53.8 Å². The number of allylic oxidation sites excluding steroid dienone is 2. The Morgan fingerprint density at radius 3 is 2.28 bits per heavy atom. The summed E-state index contributed by atoms with van der Waals surface area (Å²) in [7, 11) is 0. The highest BCUT2D eigenvalue weighted by Gasteiger charge is 2.33. The van der Waals surface area contributed by atoms with E-state index in [1.165, 1.54) is 23.9 Å². The Hall–Kier alpha value is -3.08. The molecule has 4 amide bonds. The van der Waals surface area contributed by atoms with Crippen molar-refractivity contribution in [1.29, 1.82) is 0 Å². The fourth-order valence-corrected chi connectivity index (χ4v) is 4.22. The molecule has 10 nitrogen and oxygen atoms in total. The second kappa shape index (κ2) is 13.9. The van der Waals surface area contributed by atoms with E-state index in [1.54, 1.807) is 46.1 Å². The molecule has 0 aromatic carbocycles. The molecule has 4 N–H and O–H groups in total. The molecule has 1 fully saturated rings. The van der Waals surface area contributed by atoms with Crippen LogP contribution < -0.4 is 21.3 Å². The fraction of sp³-hybridized carbons (Fsp3) is 0.560. The number of rotatable bonds is 2. The number of nitrogens with one attached hydrogen (secondary N) is 4. The van der Waals surface area contributed by atoms with Gasteiger partial charge in [-0.2, -0.15) is 0 Å². The first-order chi connectivity index (χ1) is 17.0. The van der Waals surface area contributed by atoms with Gasteiger partial charge in [-0.3, -0.25) is 19.2 Å². The van der Waals surface area contributed by atoms with E-state index in [4.69, 9.17) is 4.74 Å². The molecule has 0 radical (unpaired) electrons. The first-order valence-corrected chi connectivity index (χ1v) is 13.1. The first kappa shape index (κ1) is 29.2. The van der Waals surface area contributed by atoms with E-state index in [1.807, 2.05) is 6.08 Å². The van der Waals surface area contributed by atoms with E-state index in [0.29, 0.717) is 12.2 Å². The minimum Gasteiger partial charge on any atom is -0.456 e. The molecule has 2 aliphatic heterocycles. The number of fused-ring (bicyclic) bond motifs is 7. The number of hydrogen-bond donors (Lipinski definition) is 4. The maximum atomic E-state index is 13.1. The summed E-state index contributed by atoms with van der Waals surface area (Å²) in [6.45, 7) is 8.61. The third-order valence-corrected chi connectivity index (χ3v) is 6.44. The van der Waals surface area contributed by atoms with E-state index in [-0.39, 0.29) is 24.0 Å². The molecule has 1 unspecified atom stereocenters. The lowest BCUT2D eigenvalue weighted by Gasteiger charge is -2.27. The summed E-state index contributed by atoms with van der Waals surface area (Å²) >= 11 is 1.43. The number of amides is 4. The Kier molecular flexibility index (Phi) is 11.2. The summed E-state index contributed by atoms with van der Waals surface area (Å²) in [5, 5.41) is 12.2. The van der Waals surface area contributed by atoms with E-state index in [2.05, 4.69) is 21.3 Å². The highest BCUT2D eigenvalue weighted by Crippen LogP contribution is 2.14. The molecule has 0 spiro atoms. The van der Waals surface area contributed by atoms with Gasteiger partial charge in [-0.05, 0) is 42.7 Å². The van der Waals surface area contributed by atoms with Crippen molar-refractivity contribution in [1.82, 2.24) is 21.3 Å². The zero-order valence-electron chi connectivity index (χ0n) is 21.3. The maximum Gasteiger partial charge on any atom is 0.329 e. The van der Waals surface area contributed by atoms with Crippen LogP contribution in [0.2, 0.25) is 0 Å². The van der Waals surface area contributed by atoms with Crippen molar-refractivity contribution >= 4 is 41.4 Å². The highest BCUT2D eigenvalue weighted by atomic mass is 32.2. The largest absolute Gasteiger partial charge is 0.456 e. The van der Waals surface area contributed by atoms with Gasteiger partial charge in [-0.25, -0.2) is 4.79 Å². The summed E-state index contributed by atoms with van der Waals surface area (Å²) < 4.78 is 5.64. The monoisotopic (exact) mass is 520 g/mol. The van der Waals surface area contributed by atoms with Crippen LogP contribution in [0.3, 0.4) is 0 Å². The van der Waals surface area contributed by atoms with Gasteiger partial charge in [-0.15, -0.1) is 11.8 Å². The Labute approximate surface area is 216 Å². The van der Waals surface area contributed by atoms with Crippen molar-refractivity contribution in [3.8, 4) is 0 Å². The summed E-state index contributed by atoms with van der Waals surface area (Å²) in [4.78, 5) is 65.1. The second-order valence-electron chi connectivity index (χ2n) is 9.26. The molecule has 0 aromatic rings. The van der Waals surface area contributed by atoms with Gasteiger partial charge >= 0.3 is 5.97 Å². The summed E-state index contributed by atoms with van der Waals surface area (Å²) in [5.74, 6) is -3.01. The summed E-state index contributed by atoms with van der Waals surface area (Å²) in [5.41, 5.74) is -0.0691. The van der Waals surface area contributed by atoms with Crippen molar-refractivity contribution in [3.05, 3.63) is 35.4 Å². The average Bonchev–Trinajstić information content (AvgIpc) is 2.81. The number of esters is 1. The van der Waals surface area contributed by atoms with Crippen LogP contribution in [0, 0.1) is 11.8 Å². The lowest BCUT2D eigenvalue weighted by molar-refractivity contribution is -0.153. The van der Waals surface area contributed by atoms with Gasteiger partial charge in [0.05, 0.1) is 6.42 Å². The molecule has 2 aliphatic rings. The number of hydrogen-bond acceptors (Lipinski definition) is 7. The van der Waals surface area contributed by atoms with Crippen molar-refractivity contribution < 1.29 is 28.7 Å². The van der Waals surface area contributed by atoms with E-state index >= 15 is 0 Å². The van der Waals surface area contributed by atoms with Gasteiger partial charge in [-0.1, -0.05) is 39.8 Å². The smallest absolute Gasteiger partial charge is 0.329 e. The zero-order chi connectivity index (χ0) is 26.8. The number of carbonyl (C=O) groups excluding carboxylic acids is 5. The third kappa shape index (κ3) is 8.54. The van der Waals surface area contributed by atoms with Crippen molar-refractivity contribution in [3.63, 3.8) is 0 Å². The minimum atomic E-state index is -1.10.